The van der Waals surface area contributed by atoms with E-state index in [2.05, 4.69) is 29.8 Å². The van der Waals surface area contributed by atoms with Gasteiger partial charge in [0.15, 0.2) is 0 Å². The monoisotopic (exact) mass is 265 g/mol. The van der Waals surface area contributed by atoms with Crippen molar-refractivity contribution in [3.63, 3.8) is 0 Å². The average molecular weight is 265 g/mol. The molecule has 2 unspecified atom stereocenters. The first-order valence-electron chi connectivity index (χ1n) is 7.24. The molecule has 2 nitrogen and oxygen atoms in total. The van der Waals surface area contributed by atoms with Crippen LogP contribution in [0.4, 0.5) is 0 Å². The van der Waals surface area contributed by atoms with E-state index in [9.17, 15) is 0 Å². The topological polar surface area (TPSA) is 21.3 Å². The Labute approximate surface area is 114 Å². The van der Waals surface area contributed by atoms with E-state index in [0.717, 1.165) is 6.54 Å². The fourth-order valence-electron chi connectivity index (χ4n) is 3.29. The highest BCUT2D eigenvalue weighted by molar-refractivity contribution is 7.10. The number of rotatable bonds is 1. The lowest BCUT2D eigenvalue weighted by atomic mass is 9.90. The summed E-state index contributed by atoms with van der Waals surface area (Å²) in [5.74, 6) is 0. The summed E-state index contributed by atoms with van der Waals surface area (Å²) < 4.78 is 6.60. The smallest absolute Gasteiger partial charge is 0.107 e. The van der Waals surface area contributed by atoms with Crippen LogP contribution >= 0.6 is 11.3 Å². The highest BCUT2D eigenvalue weighted by Crippen LogP contribution is 2.40. The SMILES string of the molecule is CC1NCC2(CCCCCC2)OC1c1cccs1. The van der Waals surface area contributed by atoms with Gasteiger partial charge in [-0.2, -0.15) is 0 Å². The number of thiophene rings is 1. The molecule has 1 aliphatic heterocycles. The van der Waals surface area contributed by atoms with Gasteiger partial charge in [0.05, 0.1) is 5.60 Å². The lowest BCUT2D eigenvalue weighted by Crippen LogP contribution is -2.54. The summed E-state index contributed by atoms with van der Waals surface area (Å²) in [7, 11) is 0. The van der Waals surface area contributed by atoms with Gasteiger partial charge in [-0.3, -0.25) is 0 Å². The van der Waals surface area contributed by atoms with Crippen LogP contribution in [0.3, 0.4) is 0 Å². The van der Waals surface area contributed by atoms with Crippen molar-refractivity contribution in [2.75, 3.05) is 6.54 Å². The van der Waals surface area contributed by atoms with Gasteiger partial charge in [-0.15, -0.1) is 11.3 Å². The van der Waals surface area contributed by atoms with Crippen molar-refractivity contribution in [3.8, 4) is 0 Å². The van der Waals surface area contributed by atoms with Crippen LogP contribution < -0.4 is 5.32 Å². The van der Waals surface area contributed by atoms with Gasteiger partial charge < -0.3 is 10.1 Å². The Morgan fingerprint density at radius 3 is 2.72 bits per heavy atom. The van der Waals surface area contributed by atoms with Crippen molar-refractivity contribution < 1.29 is 4.74 Å². The summed E-state index contributed by atoms with van der Waals surface area (Å²) in [6.07, 6.45) is 8.12. The largest absolute Gasteiger partial charge is 0.363 e. The van der Waals surface area contributed by atoms with Crippen molar-refractivity contribution in [1.29, 1.82) is 0 Å². The third-order valence-electron chi connectivity index (χ3n) is 4.42. The van der Waals surface area contributed by atoms with Crippen LogP contribution in [-0.4, -0.2) is 18.2 Å². The number of hydrogen-bond donors (Lipinski definition) is 1. The summed E-state index contributed by atoms with van der Waals surface area (Å²) in [4.78, 5) is 1.37. The summed E-state index contributed by atoms with van der Waals surface area (Å²) in [5.41, 5.74) is 0.109. The lowest BCUT2D eigenvalue weighted by molar-refractivity contribution is -0.141. The molecule has 0 radical (unpaired) electrons. The van der Waals surface area contributed by atoms with E-state index in [1.807, 2.05) is 11.3 Å². The van der Waals surface area contributed by atoms with E-state index in [4.69, 9.17) is 4.74 Å². The first-order chi connectivity index (χ1) is 8.79. The molecule has 3 rings (SSSR count). The summed E-state index contributed by atoms with van der Waals surface area (Å²) in [6, 6.07) is 4.77. The Morgan fingerprint density at radius 2 is 2.06 bits per heavy atom. The number of hydrogen-bond acceptors (Lipinski definition) is 3. The fourth-order valence-corrected chi connectivity index (χ4v) is 4.15. The van der Waals surface area contributed by atoms with Crippen molar-refractivity contribution in [2.24, 2.45) is 0 Å². The molecule has 1 aromatic rings. The van der Waals surface area contributed by atoms with Crippen molar-refractivity contribution in [3.05, 3.63) is 22.4 Å². The summed E-state index contributed by atoms with van der Waals surface area (Å²) >= 11 is 1.82. The zero-order chi connectivity index (χ0) is 12.4. The first kappa shape index (κ1) is 12.6. The van der Waals surface area contributed by atoms with E-state index >= 15 is 0 Å². The fraction of sp³-hybridized carbons (Fsp3) is 0.733. The average Bonchev–Trinajstić information content (AvgIpc) is 2.81. The van der Waals surface area contributed by atoms with Gasteiger partial charge in [-0.25, -0.2) is 0 Å². The van der Waals surface area contributed by atoms with Crippen LogP contribution in [0.5, 0.6) is 0 Å². The highest BCUT2D eigenvalue weighted by atomic mass is 32.1. The number of morpholine rings is 1. The molecule has 2 fully saturated rings. The third-order valence-corrected chi connectivity index (χ3v) is 5.35. The molecule has 1 aliphatic carbocycles. The predicted octanol–water partition coefficient (Wildman–Crippen LogP) is 3.89. The summed E-state index contributed by atoms with van der Waals surface area (Å²) in [5, 5.41) is 5.84. The van der Waals surface area contributed by atoms with Gasteiger partial charge in [-0.05, 0) is 31.2 Å². The van der Waals surface area contributed by atoms with Crippen LogP contribution in [0.1, 0.15) is 56.4 Å². The van der Waals surface area contributed by atoms with Gasteiger partial charge in [0.1, 0.15) is 6.10 Å². The van der Waals surface area contributed by atoms with Crippen LogP contribution in [0, 0.1) is 0 Å². The van der Waals surface area contributed by atoms with Gasteiger partial charge in [-0.1, -0.05) is 31.7 Å². The molecule has 1 saturated heterocycles. The zero-order valence-corrected chi connectivity index (χ0v) is 12.0. The van der Waals surface area contributed by atoms with E-state index in [-0.39, 0.29) is 11.7 Å². The highest BCUT2D eigenvalue weighted by Gasteiger charge is 2.40. The maximum absolute atomic E-state index is 6.60. The Bertz CT molecular complexity index is 368. The molecule has 1 saturated carbocycles. The molecule has 1 spiro atoms. The van der Waals surface area contributed by atoms with Gasteiger partial charge in [0.25, 0.3) is 0 Å². The molecular weight excluding hydrogens is 242 g/mol. The Kier molecular flexibility index (Phi) is 3.73. The summed E-state index contributed by atoms with van der Waals surface area (Å²) in [6.45, 7) is 3.28. The van der Waals surface area contributed by atoms with Crippen molar-refractivity contribution >= 4 is 11.3 Å². The molecule has 2 aliphatic rings. The van der Waals surface area contributed by atoms with E-state index in [0.29, 0.717) is 6.04 Å². The molecule has 18 heavy (non-hydrogen) atoms. The molecule has 0 bridgehead atoms. The quantitative estimate of drug-likeness (QED) is 0.831. The van der Waals surface area contributed by atoms with Crippen molar-refractivity contribution in [2.45, 2.75) is 63.2 Å². The minimum absolute atomic E-state index is 0.109. The Morgan fingerprint density at radius 1 is 1.28 bits per heavy atom. The number of nitrogens with one attached hydrogen (secondary N) is 1. The predicted molar refractivity (Wildman–Crippen MR) is 76.0 cm³/mol. The molecule has 0 amide bonds. The second kappa shape index (κ2) is 5.32. The van der Waals surface area contributed by atoms with Crippen molar-refractivity contribution in [1.82, 2.24) is 5.32 Å². The standard InChI is InChI=1S/C15H23NOS/c1-12-14(13-7-6-10-18-13)17-15(11-16-12)8-4-2-3-5-9-15/h6-7,10,12,14,16H,2-5,8-9,11H2,1H3. The molecule has 2 heterocycles. The molecular formula is C15H23NOS. The first-order valence-corrected chi connectivity index (χ1v) is 8.12. The van der Waals surface area contributed by atoms with Gasteiger partial charge in [0, 0.05) is 17.5 Å². The maximum atomic E-state index is 6.60. The molecule has 0 aromatic carbocycles. The van der Waals surface area contributed by atoms with E-state index in [1.54, 1.807) is 0 Å². The zero-order valence-electron chi connectivity index (χ0n) is 11.2. The molecule has 1 aromatic heterocycles. The molecule has 2 atom stereocenters. The van der Waals surface area contributed by atoms with Crippen LogP contribution in [-0.2, 0) is 4.74 Å². The Hall–Kier alpha value is -0.380. The molecule has 1 N–H and O–H groups in total. The lowest BCUT2D eigenvalue weighted by Gasteiger charge is -2.44. The van der Waals surface area contributed by atoms with Crippen LogP contribution in [0.25, 0.3) is 0 Å². The van der Waals surface area contributed by atoms with Crippen LogP contribution in [0.2, 0.25) is 0 Å². The molecule has 100 valence electrons. The van der Waals surface area contributed by atoms with Gasteiger partial charge >= 0.3 is 0 Å². The normalized spacial score (nSPS) is 32.3. The number of ether oxygens (including phenoxy) is 1. The van der Waals surface area contributed by atoms with E-state index < -0.39 is 0 Å². The second-order valence-corrected chi connectivity index (χ2v) is 6.80. The van der Waals surface area contributed by atoms with E-state index in [1.165, 1.54) is 43.4 Å². The third kappa shape index (κ3) is 2.49. The van der Waals surface area contributed by atoms with Crippen LogP contribution in [0.15, 0.2) is 17.5 Å². The minimum atomic E-state index is 0.109. The second-order valence-electron chi connectivity index (χ2n) is 5.82. The molecule has 3 heteroatoms. The minimum Gasteiger partial charge on any atom is -0.363 e. The maximum Gasteiger partial charge on any atom is 0.107 e. The van der Waals surface area contributed by atoms with Gasteiger partial charge in [0.2, 0.25) is 0 Å². The Balaban J connectivity index is 1.78.